The maximum absolute atomic E-state index is 13.2. The number of rotatable bonds is 16. The average Bonchev–Trinajstić information content (AvgIpc) is 3.43. The van der Waals surface area contributed by atoms with E-state index in [-0.39, 0.29) is 49.5 Å². The number of amides is 3. The first kappa shape index (κ1) is 31.9. The highest BCUT2D eigenvalue weighted by Gasteiger charge is 2.26. The molecule has 40 heavy (non-hydrogen) atoms. The number of benzene rings is 1. The second kappa shape index (κ2) is 16.6. The van der Waals surface area contributed by atoms with Gasteiger partial charge in [0.2, 0.25) is 17.7 Å². The van der Waals surface area contributed by atoms with E-state index >= 15 is 0 Å². The molecule has 2 atom stereocenters. The van der Waals surface area contributed by atoms with Crippen LogP contribution in [-0.2, 0) is 27.2 Å². The fourth-order valence-electron chi connectivity index (χ4n) is 3.83. The molecular weight excluding hydrogens is 534 g/mol. The molecule has 0 fully saturated rings. The van der Waals surface area contributed by atoms with Gasteiger partial charge >= 0.3 is 0 Å². The Hall–Kier alpha value is -4.33. The Morgan fingerprint density at radius 2 is 1.77 bits per heavy atom. The molecule has 0 saturated carbocycles. The van der Waals surface area contributed by atoms with Crippen molar-refractivity contribution in [2.45, 2.75) is 44.7 Å². The summed E-state index contributed by atoms with van der Waals surface area (Å²) in [5, 5.41) is 16.9. The van der Waals surface area contributed by atoms with Gasteiger partial charge in [0.25, 0.3) is 0 Å². The summed E-state index contributed by atoms with van der Waals surface area (Å²) in [5.41, 5.74) is 22.6. The minimum absolute atomic E-state index is 0.0757. The van der Waals surface area contributed by atoms with Crippen LogP contribution < -0.4 is 33.6 Å². The second-order valence-corrected chi connectivity index (χ2v) is 10.0. The second-order valence-electron chi connectivity index (χ2n) is 8.97. The van der Waals surface area contributed by atoms with Crippen LogP contribution in [0.25, 0.3) is 0 Å². The van der Waals surface area contributed by atoms with Crippen molar-refractivity contribution in [1.82, 2.24) is 15.5 Å². The fraction of sp³-hybridized carbons (Fsp3) is 0.423. The molecule has 0 unspecified atom stereocenters. The van der Waals surface area contributed by atoms with Gasteiger partial charge in [0, 0.05) is 30.9 Å². The predicted molar refractivity (Wildman–Crippen MR) is 157 cm³/mol. The summed E-state index contributed by atoms with van der Waals surface area (Å²) in [4.78, 5) is 49.9. The molecule has 218 valence electrons. The maximum atomic E-state index is 13.2. The van der Waals surface area contributed by atoms with Crippen molar-refractivity contribution in [1.29, 1.82) is 0 Å². The highest BCUT2D eigenvalue weighted by atomic mass is 32.1. The van der Waals surface area contributed by atoms with Gasteiger partial charge in [-0.15, -0.1) is 11.3 Å². The first-order chi connectivity index (χ1) is 19.1. The summed E-state index contributed by atoms with van der Waals surface area (Å²) in [6.45, 7) is 2.93. The molecule has 0 bridgehead atoms. The molecule has 14 heteroatoms. The van der Waals surface area contributed by atoms with Crippen LogP contribution in [0.3, 0.4) is 0 Å². The molecule has 0 aliphatic carbocycles. The largest absolute Gasteiger partial charge is 0.508 e. The molecular formula is C26H39N9O4S. The Labute approximate surface area is 237 Å². The minimum atomic E-state index is -1.03. The summed E-state index contributed by atoms with van der Waals surface area (Å²) in [6.07, 6.45) is 1.44. The van der Waals surface area contributed by atoms with Crippen molar-refractivity contribution < 1.29 is 19.5 Å². The number of nitrogens with one attached hydrogen (secondary N) is 2. The van der Waals surface area contributed by atoms with Crippen LogP contribution in [0.2, 0.25) is 0 Å². The van der Waals surface area contributed by atoms with E-state index in [9.17, 15) is 19.5 Å². The van der Waals surface area contributed by atoms with E-state index in [1.54, 1.807) is 28.4 Å². The molecule has 0 spiro atoms. The Bertz CT molecular complexity index is 1150. The normalized spacial score (nSPS) is 12.0. The molecule has 1 aromatic carbocycles. The third-order valence-electron chi connectivity index (χ3n) is 5.91. The lowest BCUT2D eigenvalue weighted by molar-refractivity contribution is -0.134. The molecule has 0 aliphatic rings. The van der Waals surface area contributed by atoms with Crippen molar-refractivity contribution in [3.8, 4) is 5.75 Å². The lowest BCUT2D eigenvalue weighted by Gasteiger charge is -2.23. The first-order valence-corrected chi connectivity index (χ1v) is 13.8. The molecule has 2 rings (SSSR count). The van der Waals surface area contributed by atoms with Gasteiger partial charge < -0.3 is 43.6 Å². The summed E-state index contributed by atoms with van der Waals surface area (Å²) in [7, 11) is 0. The zero-order valence-corrected chi connectivity index (χ0v) is 23.4. The van der Waals surface area contributed by atoms with E-state index in [1.807, 2.05) is 24.4 Å². The van der Waals surface area contributed by atoms with Gasteiger partial charge in [0.05, 0.1) is 6.54 Å². The molecule has 13 nitrogen and oxygen atoms in total. The number of hydrogen-bond donors (Lipinski definition) is 7. The van der Waals surface area contributed by atoms with E-state index in [0.717, 1.165) is 6.42 Å². The topological polar surface area (TPSA) is 228 Å². The van der Waals surface area contributed by atoms with Crippen molar-refractivity contribution in [2.24, 2.45) is 32.9 Å². The van der Waals surface area contributed by atoms with Gasteiger partial charge in [-0.2, -0.15) is 0 Å². The van der Waals surface area contributed by atoms with E-state index in [4.69, 9.17) is 22.9 Å². The molecule has 0 saturated heterocycles. The number of nitrogens with zero attached hydrogens (tertiary/aromatic N) is 3. The highest BCUT2D eigenvalue weighted by Crippen LogP contribution is 2.13. The number of aliphatic imine (C=N–C) groups is 2. The Morgan fingerprint density at radius 1 is 1.05 bits per heavy atom. The molecule has 1 heterocycles. The minimum Gasteiger partial charge on any atom is -0.508 e. The monoisotopic (exact) mass is 573 g/mol. The number of hydrogen-bond acceptors (Lipinski definition) is 7. The van der Waals surface area contributed by atoms with Crippen molar-refractivity contribution in [3.05, 3.63) is 52.2 Å². The summed E-state index contributed by atoms with van der Waals surface area (Å²) in [5.74, 6) is -1.65. The van der Waals surface area contributed by atoms with E-state index in [2.05, 4.69) is 20.6 Å². The average molecular weight is 574 g/mol. The van der Waals surface area contributed by atoms with Crippen LogP contribution in [0.5, 0.6) is 5.75 Å². The number of likely N-dealkylation sites (N-methyl/N-ethyl adjacent to an activating group) is 1. The third-order valence-corrected chi connectivity index (χ3v) is 6.84. The standard InChI is InChI=1S/C26H39N9O4S/c1-2-35(13-11-19-5-4-14-40-19)22(37)16-32-23(38)20(6-3-12-31-25(27)28)33-24(39)21(34-26(29)30)15-17-7-9-18(36)10-8-17/h4-5,7-10,14,20-21,36H,2-3,6,11-13,15-16H2,1H3,(H,32,38)(H,33,39)(H4,27,28,31)(H4,29,30,34)/t20-,21+/m1/s1. The number of phenols is 1. The Morgan fingerprint density at radius 3 is 2.38 bits per heavy atom. The van der Waals surface area contributed by atoms with Gasteiger partial charge in [0.15, 0.2) is 11.9 Å². The molecule has 1 aromatic heterocycles. The maximum Gasteiger partial charge on any atom is 0.245 e. The Kier molecular flexibility index (Phi) is 13.2. The number of thiophene rings is 1. The van der Waals surface area contributed by atoms with Crippen LogP contribution in [-0.4, -0.2) is 77.9 Å². The van der Waals surface area contributed by atoms with Crippen LogP contribution in [0.1, 0.15) is 30.2 Å². The van der Waals surface area contributed by atoms with Crippen LogP contribution >= 0.6 is 11.3 Å². The highest BCUT2D eigenvalue weighted by molar-refractivity contribution is 7.09. The number of guanidine groups is 2. The van der Waals surface area contributed by atoms with Crippen LogP contribution in [0.4, 0.5) is 0 Å². The van der Waals surface area contributed by atoms with E-state index in [0.29, 0.717) is 25.1 Å². The zero-order valence-electron chi connectivity index (χ0n) is 22.6. The number of phenolic OH excluding ortho intramolecular Hbond substituents is 1. The lowest BCUT2D eigenvalue weighted by Crippen LogP contribution is -2.52. The van der Waals surface area contributed by atoms with Crippen molar-refractivity contribution in [2.75, 3.05) is 26.2 Å². The fourth-order valence-corrected chi connectivity index (χ4v) is 4.53. The molecule has 11 N–H and O–H groups in total. The quantitative estimate of drug-likeness (QED) is 0.0776. The molecule has 0 aliphatic heterocycles. The SMILES string of the molecule is CCN(CCc1cccs1)C(=O)CNC(=O)[C@@H](CCCN=C(N)N)NC(=O)[C@H](Cc1ccc(O)cc1)N=C(N)N. The number of carbonyl (C=O) groups excluding carboxylic acids is 3. The molecule has 2 aromatic rings. The summed E-state index contributed by atoms with van der Waals surface area (Å²) in [6, 6.07) is 8.19. The van der Waals surface area contributed by atoms with E-state index in [1.165, 1.54) is 17.0 Å². The van der Waals surface area contributed by atoms with Gasteiger partial charge in [-0.3, -0.25) is 19.4 Å². The van der Waals surface area contributed by atoms with Gasteiger partial charge in [-0.25, -0.2) is 4.99 Å². The first-order valence-electron chi connectivity index (χ1n) is 12.9. The van der Waals surface area contributed by atoms with Crippen LogP contribution in [0.15, 0.2) is 51.8 Å². The number of carbonyl (C=O) groups is 3. The summed E-state index contributed by atoms with van der Waals surface area (Å²) < 4.78 is 0. The van der Waals surface area contributed by atoms with Crippen molar-refractivity contribution in [3.63, 3.8) is 0 Å². The third kappa shape index (κ3) is 11.6. The molecule has 0 radical (unpaired) electrons. The van der Waals surface area contributed by atoms with Gasteiger partial charge in [-0.05, 0) is 55.3 Å². The predicted octanol–water partition coefficient (Wildman–Crippen LogP) is -0.616. The van der Waals surface area contributed by atoms with Gasteiger partial charge in [-0.1, -0.05) is 18.2 Å². The number of nitrogens with two attached hydrogens (primary N) is 4. The summed E-state index contributed by atoms with van der Waals surface area (Å²) >= 11 is 1.62. The Balaban J connectivity index is 2.07. The van der Waals surface area contributed by atoms with Crippen LogP contribution in [0, 0.1) is 0 Å². The molecule has 3 amide bonds. The smallest absolute Gasteiger partial charge is 0.245 e. The van der Waals surface area contributed by atoms with Crippen molar-refractivity contribution >= 4 is 41.0 Å². The number of aromatic hydroxyl groups is 1. The van der Waals surface area contributed by atoms with E-state index < -0.39 is 23.9 Å². The lowest BCUT2D eigenvalue weighted by atomic mass is 10.0. The van der Waals surface area contributed by atoms with Gasteiger partial charge in [0.1, 0.15) is 17.8 Å². The zero-order chi connectivity index (χ0) is 29.5.